The monoisotopic (exact) mass is 276 g/mol. The fraction of sp³-hybridized carbons (Fsp3) is 0.333. The minimum atomic E-state index is 0.172. The first-order chi connectivity index (χ1) is 5.59. The lowest BCUT2D eigenvalue weighted by Crippen LogP contribution is -2.18. The van der Waals surface area contributed by atoms with Gasteiger partial charge in [0.05, 0.1) is 0 Å². The highest BCUT2D eigenvalue weighted by Gasteiger charge is 2.02. The summed E-state index contributed by atoms with van der Waals surface area (Å²) in [6, 6.07) is 6.18. The predicted octanol–water partition coefficient (Wildman–Crippen LogP) is 1.76. The molecule has 0 spiro atoms. The molecular formula is C9H13IN2. The van der Waals surface area contributed by atoms with E-state index in [1.165, 1.54) is 3.57 Å². The molecule has 0 bridgehead atoms. The first-order valence-electron chi connectivity index (χ1n) is 3.89. The van der Waals surface area contributed by atoms with E-state index in [0.717, 1.165) is 17.7 Å². The van der Waals surface area contributed by atoms with Crippen LogP contribution in [0.3, 0.4) is 0 Å². The number of rotatable bonds is 2. The number of benzene rings is 1. The fourth-order valence-electron chi connectivity index (χ4n) is 1.10. The van der Waals surface area contributed by atoms with Crippen molar-refractivity contribution >= 4 is 28.3 Å². The van der Waals surface area contributed by atoms with Crippen LogP contribution in [0.25, 0.3) is 0 Å². The molecule has 0 heterocycles. The Morgan fingerprint density at radius 2 is 2.17 bits per heavy atom. The Hall–Kier alpha value is -0.290. The summed E-state index contributed by atoms with van der Waals surface area (Å²) >= 11 is 2.27. The smallest absolute Gasteiger partial charge is 0.0347 e. The zero-order valence-electron chi connectivity index (χ0n) is 7.05. The van der Waals surface area contributed by atoms with E-state index in [1.807, 2.05) is 19.1 Å². The quantitative estimate of drug-likeness (QED) is 0.639. The van der Waals surface area contributed by atoms with Crippen LogP contribution in [0, 0.1) is 3.57 Å². The maximum atomic E-state index is 5.78. The summed E-state index contributed by atoms with van der Waals surface area (Å²) in [5, 5.41) is 0. The maximum Gasteiger partial charge on any atom is 0.0347 e. The lowest BCUT2D eigenvalue weighted by molar-refractivity contribution is 0.739. The van der Waals surface area contributed by atoms with Crippen LogP contribution in [-0.4, -0.2) is 6.04 Å². The van der Waals surface area contributed by atoms with Crippen molar-refractivity contribution in [3.05, 3.63) is 27.3 Å². The van der Waals surface area contributed by atoms with Crippen molar-refractivity contribution in [2.75, 3.05) is 5.73 Å². The van der Waals surface area contributed by atoms with Crippen LogP contribution >= 0.6 is 22.6 Å². The molecule has 0 saturated heterocycles. The Bertz CT molecular complexity index is 271. The molecule has 0 radical (unpaired) electrons. The first-order valence-corrected chi connectivity index (χ1v) is 4.97. The van der Waals surface area contributed by atoms with Crippen LogP contribution in [-0.2, 0) is 6.42 Å². The van der Waals surface area contributed by atoms with Crippen molar-refractivity contribution in [3.8, 4) is 0 Å². The SMILES string of the molecule is CC(N)Cc1cc(I)ccc1N. The predicted molar refractivity (Wildman–Crippen MR) is 60.9 cm³/mol. The van der Waals surface area contributed by atoms with Crippen molar-refractivity contribution < 1.29 is 0 Å². The highest BCUT2D eigenvalue weighted by Crippen LogP contribution is 2.16. The van der Waals surface area contributed by atoms with E-state index in [9.17, 15) is 0 Å². The Kier molecular flexibility index (Phi) is 3.34. The van der Waals surface area contributed by atoms with Gasteiger partial charge in [-0.3, -0.25) is 0 Å². The zero-order chi connectivity index (χ0) is 9.14. The summed E-state index contributed by atoms with van der Waals surface area (Å²) in [6.07, 6.45) is 0.850. The summed E-state index contributed by atoms with van der Waals surface area (Å²) < 4.78 is 1.21. The molecule has 1 atom stereocenters. The van der Waals surface area contributed by atoms with Crippen LogP contribution in [0.5, 0.6) is 0 Å². The van der Waals surface area contributed by atoms with Crippen molar-refractivity contribution in [2.24, 2.45) is 5.73 Å². The summed E-state index contributed by atoms with van der Waals surface area (Å²) in [5.74, 6) is 0. The average Bonchev–Trinajstić information content (AvgIpc) is 1.96. The molecular weight excluding hydrogens is 263 g/mol. The number of hydrogen-bond donors (Lipinski definition) is 2. The highest BCUT2D eigenvalue weighted by molar-refractivity contribution is 14.1. The van der Waals surface area contributed by atoms with Gasteiger partial charge in [-0.25, -0.2) is 0 Å². The lowest BCUT2D eigenvalue weighted by Gasteiger charge is -2.08. The molecule has 3 heteroatoms. The van der Waals surface area contributed by atoms with E-state index < -0.39 is 0 Å². The van der Waals surface area contributed by atoms with Crippen molar-refractivity contribution in [1.29, 1.82) is 0 Å². The molecule has 0 aliphatic carbocycles. The summed E-state index contributed by atoms with van der Waals surface area (Å²) in [4.78, 5) is 0. The van der Waals surface area contributed by atoms with E-state index in [4.69, 9.17) is 11.5 Å². The third-order valence-corrected chi connectivity index (χ3v) is 2.32. The topological polar surface area (TPSA) is 52.0 Å². The summed E-state index contributed by atoms with van der Waals surface area (Å²) in [7, 11) is 0. The second-order valence-corrected chi connectivity index (χ2v) is 4.27. The molecule has 4 N–H and O–H groups in total. The Labute approximate surface area is 86.5 Å². The zero-order valence-corrected chi connectivity index (χ0v) is 9.21. The third kappa shape index (κ3) is 2.64. The Balaban J connectivity index is 2.90. The van der Waals surface area contributed by atoms with Gasteiger partial charge in [-0.1, -0.05) is 0 Å². The molecule has 12 heavy (non-hydrogen) atoms. The molecule has 1 rings (SSSR count). The Morgan fingerprint density at radius 3 is 2.75 bits per heavy atom. The number of hydrogen-bond acceptors (Lipinski definition) is 2. The summed E-state index contributed by atoms with van der Waals surface area (Å²) in [5.41, 5.74) is 13.5. The fourth-order valence-corrected chi connectivity index (χ4v) is 1.65. The first kappa shape index (κ1) is 9.80. The van der Waals surface area contributed by atoms with Crippen molar-refractivity contribution in [2.45, 2.75) is 19.4 Å². The van der Waals surface area contributed by atoms with Crippen LogP contribution in [0.1, 0.15) is 12.5 Å². The minimum absolute atomic E-state index is 0.172. The molecule has 0 saturated carbocycles. The second kappa shape index (κ2) is 4.09. The van der Waals surface area contributed by atoms with Gasteiger partial charge < -0.3 is 11.5 Å². The maximum absolute atomic E-state index is 5.78. The van der Waals surface area contributed by atoms with Gasteiger partial charge in [-0.2, -0.15) is 0 Å². The molecule has 0 aliphatic rings. The van der Waals surface area contributed by atoms with E-state index in [2.05, 4.69) is 28.7 Å². The van der Waals surface area contributed by atoms with Crippen molar-refractivity contribution in [3.63, 3.8) is 0 Å². The van der Waals surface area contributed by atoms with Crippen LogP contribution in [0.15, 0.2) is 18.2 Å². The van der Waals surface area contributed by atoms with E-state index in [-0.39, 0.29) is 6.04 Å². The van der Waals surface area contributed by atoms with Gasteiger partial charge in [0, 0.05) is 15.3 Å². The molecule has 0 fully saturated rings. The van der Waals surface area contributed by atoms with Gasteiger partial charge in [0.1, 0.15) is 0 Å². The normalized spacial score (nSPS) is 12.9. The van der Waals surface area contributed by atoms with Gasteiger partial charge in [0.15, 0.2) is 0 Å². The molecule has 1 unspecified atom stereocenters. The van der Waals surface area contributed by atoms with E-state index in [0.29, 0.717) is 0 Å². The molecule has 0 amide bonds. The number of halogens is 1. The number of nitrogens with two attached hydrogens (primary N) is 2. The van der Waals surface area contributed by atoms with Crippen LogP contribution in [0.4, 0.5) is 5.69 Å². The standard InChI is InChI=1S/C9H13IN2/c1-6(11)4-7-5-8(10)2-3-9(7)12/h2-3,5-6H,4,11-12H2,1H3. The molecule has 1 aromatic carbocycles. The average molecular weight is 276 g/mol. The van der Waals surface area contributed by atoms with Gasteiger partial charge in [0.2, 0.25) is 0 Å². The summed E-state index contributed by atoms with van der Waals surface area (Å²) in [6.45, 7) is 1.99. The van der Waals surface area contributed by atoms with Crippen molar-refractivity contribution in [1.82, 2.24) is 0 Å². The second-order valence-electron chi connectivity index (χ2n) is 3.02. The number of anilines is 1. The number of nitrogen functional groups attached to an aromatic ring is 1. The molecule has 0 aromatic heterocycles. The lowest BCUT2D eigenvalue weighted by atomic mass is 10.1. The molecule has 2 nitrogen and oxygen atoms in total. The largest absolute Gasteiger partial charge is 0.399 e. The molecule has 66 valence electrons. The van der Waals surface area contributed by atoms with Gasteiger partial charge in [-0.15, -0.1) is 0 Å². The van der Waals surface area contributed by atoms with Crippen LogP contribution < -0.4 is 11.5 Å². The highest BCUT2D eigenvalue weighted by atomic mass is 127. The van der Waals surface area contributed by atoms with E-state index in [1.54, 1.807) is 0 Å². The Morgan fingerprint density at radius 1 is 1.50 bits per heavy atom. The van der Waals surface area contributed by atoms with E-state index >= 15 is 0 Å². The van der Waals surface area contributed by atoms with Gasteiger partial charge >= 0.3 is 0 Å². The minimum Gasteiger partial charge on any atom is -0.399 e. The van der Waals surface area contributed by atoms with Crippen LogP contribution in [0.2, 0.25) is 0 Å². The van der Waals surface area contributed by atoms with Gasteiger partial charge in [-0.05, 0) is 59.7 Å². The third-order valence-electron chi connectivity index (χ3n) is 1.65. The molecule has 1 aromatic rings. The molecule has 0 aliphatic heterocycles. The van der Waals surface area contributed by atoms with Gasteiger partial charge in [0.25, 0.3) is 0 Å².